The summed E-state index contributed by atoms with van der Waals surface area (Å²) in [6.07, 6.45) is 1.77. The van der Waals surface area contributed by atoms with Crippen LogP contribution in [0.25, 0.3) is 0 Å². The van der Waals surface area contributed by atoms with Crippen molar-refractivity contribution in [3.8, 4) is 0 Å². The summed E-state index contributed by atoms with van der Waals surface area (Å²) in [6.45, 7) is 6.59. The average molecular weight is 273 g/mol. The van der Waals surface area contributed by atoms with Crippen LogP contribution in [0, 0.1) is 0 Å². The molecule has 0 bridgehead atoms. The number of carbonyl (C=O) groups is 1. The van der Waals surface area contributed by atoms with Crippen molar-refractivity contribution in [3.05, 3.63) is 53.9 Å². The Balaban J connectivity index is 1.95. The first-order valence-electron chi connectivity index (χ1n) is 6.37. The summed E-state index contributed by atoms with van der Waals surface area (Å²) in [4.78, 5) is 15.9. The predicted octanol–water partition coefficient (Wildman–Crippen LogP) is 4.29. The standard InChI is InChI=1S/C16H19NOS/c1-16(2,3)12-6-8-13(9-7-12)19-11-15(18)14-5-4-10-17-14/h4-10,17H,11H2,1-3H3. The second-order valence-corrected chi connectivity index (χ2v) is 6.62. The second kappa shape index (κ2) is 5.66. The molecule has 100 valence electrons. The highest BCUT2D eigenvalue weighted by atomic mass is 32.2. The first-order chi connectivity index (χ1) is 8.97. The Morgan fingerprint density at radius 3 is 2.37 bits per heavy atom. The zero-order valence-corrected chi connectivity index (χ0v) is 12.4. The van der Waals surface area contributed by atoms with Crippen molar-refractivity contribution in [1.82, 2.24) is 4.98 Å². The van der Waals surface area contributed by atoms with Crippen LogP contribution >= 0.6 is 11.8 Å². The predicted molar refractivity (Wildman–Crippen MR) is 81.0 cm³/mol. The molecule has 1 N–H and O–H groups in total. The molecule has 0 radical (unpaired) electrons. The summed E-state index contributed by atoms with van der Waals surface area (Å²) >= 11 is 1.58. The van der Waals surface area contributed by atoms with Gasteiger partial charge in [-0.2, -0.15) is 0 Å². The Labute approximate surface area is 118 Å². The minimum Gasteiger partial charge on any atom is -0.359 e. The van der Waals surface area contributed by atoms with E-state index in [0.717, 1.165) is 4.90 Å². The number of hydrogen-bond donors (Lipinski definition) is 1. The van der Waals surface area contributed by atoms with E-state index >= 15 is 0 Å². The molecule has 1 aromatic carbocycles. The lowest BCUT2D eigenvalue weighted by Crippen LogP contribution is -2.10. The fourth-order valence-corrected chi connectivity index (χ4v) is 2.56. The molecule has 0 aliphatic carbocycles. The number of aromatic amines is 1. The fraction of sp³-hybridized carbons (Fsp3) is 0.312. The van der Waals surface area contributed by atoms with Gasteiger partial charge in [0.05, 0.1) is 11.4 Å². The van der Waals surface area contributed by atoms with Crippen molar-refractivity contribution in [3.63, 3.8) is 0 Å². The van der Waals surface area contributed by atoms with Crippen LogP contribution in [0.2, 0.25) is 0 Å². The Morgan fingerprint density at radius 1 is 1.16 bits per heavy atom. The van der Waals surface area contributed by atoms with E-state index in [2.05, 4.69) is 50.0 Å². The lowest BCUT2D eigenvalue weighted by Gasteiger charge is -2.18. The van der Waals surface area contributed by atoms with Gasteiger partial charge >= 0.3 is 0 Å². The maximum atomic E-state index is 11.9. The number of thioether (sulfide) groups is 1. The van der Waals surface area contributed by atoms with Crippen LogP contribution in [0.1, 0.15) is 36.8 Å². The number of aromatic nitrogens is 1. The Morgan fingerprint density at radius 2 is 1.84 bits per heavy atom. The van der Waals surface area contributed by atoms with Crippen LogP contribution in [-0.2, 0) is 5.41 Å². The molecule has 2 rings (SSSR count). The monoisotopic (exact) mass is 273 g/mol. The Bertz CT molecular complexity index is 535. The van der Waals surface area contributed by atoms with Crippen molar-refractivity contribution in [2.45, 2.75) is 31.1 Å². The molecule has 0 unspecified atom stereocenters. The molecule has 2 nitrogen and oxygen atoms in total. The summed E-state index contributed by atoms with van der Waals surface area (Å²) in [7, 11) is 0. The van der Waals surface area contributed by atoms with E-state index < -0.39 is 0 Å². The minimum atomic E-state index is 0.134. The number of ketones is 1. The SMILES string of the molecule is CC(C)(C)c1ccc(SCC(=O)c2ccc[nH]2)cc1. The molecule has 19 heavy (non-hydrogen) atoms. The molecule has 0 spiro atoms. The van der Waals surface area contributed by atoms with E-state index in [-0.39, 0.29) is 11.2 Å². The summed E-state index contributed by atoms with van der Waals surface area (Å²) in [5, 5.41) is 0. The van der Waals surface area contributed by atoms with Gasteiger partial charge in [0.1, 0.15) is 0 Å². The van der Waals surface area contributed by atoms with Gasteiger partial charge in [-0.15, -0.1) is 11.8 Å². The Kier molecular flexibility index (Phi) is 4.15. The summed E-state index contributed by atoms with van der Waals surface area (Å²) < 4.78 is 0. The highest BCUT2D eigenvalue weighted by Gasteiger charge is 2.13. The molecular formula is C16H19NOS. The van der Waals surface area contributed by atoms with Gasteiger partial charge < -0.3 is 4.98 Å². The van der Waals surface area contributed by atoms with E-state index in [4.69, 9.17) is 0 Å². The zero-order valence-electron chi connectivity index (χ0n) is 11.6. The molecule has 0 aliphatic heterocycles. The van der Waals surface area contributed by atoms with Crippen LogP contribution < -0.4 is 0 Å². The van der Waals surface area contributed by atoms with Crippen LogP contribution in [-0.4, -0.2) is 16.5 Å². The van der Waals surface area contributed by atoms with Gasteiger partial charge in [0, 0.05) is 11.1 Å². The summed E-state index contributed by atoms with van der Waals surface area (Å²) in [5.41, 5.74) is 2.16. The van der Waals surface area contributed by atoms with Crippen LogP contribution in [0.3, 0.4) is 0 Å². The quantitative estimate of drug-likeness (QED) is 0.666. The number of carbonyl (C=O) groups excluding carboxylic acids is 1. The van der Waals surface area contributed by atoms with E-state index in [1.807, 2.05) is 12.1 Å². The summed E-state index contributed by atoms with van der Waals surface area (Å²) in [5.74, 6) is 0.602. The van der Waals surface area contributed by atoms with Gasteiger partial charge in [-0.1, -0.05) is 32.9 Å². The lowest BCUT2D eigenvalue weighted by atomic mass is 9.87. The third-order valence-corrected chi connectivity index (χ3v) is 4.00. The first kappa shape index (κ1) is 13.9. The molecule has 3 heteroatoms. The third-order valence-electron chi connectivity index (χ3n) is 2.99. The molecule has 0 saturated carbocycles. The Hall–Kier alpha value is -1.48. The normalized spacial score (nSPS) is 11.5. The molecular weight excluding hydrogens is 254 g/mol. The smallest absolute Gasteiger partial charge is 0.189 e. The van der Waals surface area contributed by atoms with E-state index in [9.17, 15) is 4.79 Å². The van der Waals surface area contributed by atoms with Crippen molar-refractivity contribution in [2.24, 2.45) is 0 Å². The molecule has 0 atom stereocenters. The van der Waals surface area contributed by atoms with E-state index in [1.165, 1.54) is 5.56 Å². The minimum absolute atomic E-state index is 0.134. The van der Waals surface area contributed by atoms with Gasteiger partial charge in [0.2, 0.25) is 0 Å². The first-order valence-corrected chi connectivity index (χ1v) is 7.35. The van der Waals surface area contributed by atoms with Gasteiger partial charge in [-0.25, -0.2) is 0 Å². The lowest BCUT2D eigenvalue weighted by molar-refractivity contribution is 0.101. The number of H-pyrrole nitrogens is 1. The highest BCUT2D eigenvalue weighted by molar-refractivity contribution is 8.00. The second-order valence-electron chi connectivity index (χ2n) is 5.57. The zero-order chi connectivity index (χ0) is 13.9. The molecule has 1 aromatic heterocycles. The number of hydrogen-bond acceptors (Lipinski definition) is 2. The number of Topliss-reactive ketones (excluding diaryl/α,β-unsaturated/α-hetero) is 1. The van der Waals surface area contributed by atoms with E-state index in [1.54, 1.807) is 18.0 Å². The molecule has 2 aromatic rings. The van der Waals surface area contributed by atoms with Gasteiger partial charge in [0.25, 0.3) is 0 Å². The average Bonchev–Trinajstić information content (AvgIpc) is 2.89. The molecule has 1 heterocycles. The number of rotatable bonds is 4. The number of benzene rings is 1. The van der Waals surface area contributed by atoms with Crippen LogP contribution in [0.4, 0.5) is 0 Å². The maximum Gasteiger partial charge on any atom is 0.189 e. The third kappa shape index (κ3) is 3.74. The maximum absolute atomic E-state index is 11.9. The largest absolute Gasteiger partial charge is 0.359 e. The number of nitrogens with one attached hydrogen (secondary N) is 1. The van der Waals surface area contributed by atoms with Gasteiger partial charge in [-0.3, -0.25) is 4.79 Å². The van der Waals surface area contributed by atoms with Crippen molar-refractivity contribution in [1.29, 1.82) is 0 Å². The topological polar surface area (TPSA) is 32.9 Å². The molecule has 0 aliphatic rings. The van der Waals surface area contributed by atoms with E-state index in [0.29, 0.717) is 11.4 Å². The van der Waals surface area contributed by atoms with Gasteiger partial charge in [-0.05, 0) is 35.2 Å². The molecule has 0 amide bonds. The van der Waals surface area contributed by atoms with Crippen molar-refractivity contribution < 1.29 is 4.79 Å². The molecule has 0 saturated heterocycles. The molecule has 0 fully saturated rings. The van der Waals surface area contributed by atoms with Crippen LogP contribution in [0.15, 0.2) is 47.5 Å². The van der Waals surface area contributed by atoms with Crippen molar-refractivity contribution >= 4 is 17.5 Å². The highest BCUT2D eigenvalue weighted by Crippen LogP contribution is 2.25. The van der Waals surface area contributed by atoms with Crippen molar-refractivity contribution in [2.75, 3.05) is 5.75 Å². The fourth-order valence-electron chi connectivity index (χ4n) is 1.78. The summed E-state index contributed by atoms with van der Waals surface area (Å²) in [6, 6.07) is 12.1. The van der Waals surface area contributed by atoms with Gasteiger partial charge in [0.15, 0.2) is 5.78 Å². The van der Waals surface area contributed by atoms with Crippen LogP contribution in [0.5, 0.6) is 0 Å².